The van der Waals surface area contributed by atoms with Gasteiger partial charge < -0.3 is 25.2 Å². The molecule has 6 nitrogen and oxygen atoms in total. The Morgan fingerprint density at radius 2 is 2.26 bits per heavy atom. The van der Waals surface area contributed by atoms with Gasteiger partial charge in [-0.2, -0.15) is 0 Å². The predicted octanol–water partition coefficient (Wildman–Crippen LogP) is 1.56. The van der Waals surface area contributed by atoms with Crippen LogP contribution in [0.4, 0.5) is 0 Å². The van der Waals surface area contributed by atoms with Crippen LogP contribution in [-0.4, -0.2) is 50.5 Å². The van der Waals surface area contributed by atoms with Crippen LogP contribution in [0.1, 0.15) is 23.7 Å². The second kappa shape index (κ2) is 8.52. The van der Waals surface area contributed by atoms with Crippen LogP contribution in [0, 0.1) is 5.92 Å². The third-order valence-electron chi connectivity index (χ3n) is 3.77. The molecule has 1 aromatic rings. The Balaban J connectivity index is 2.06. The van der Waals surface area contributed by atoms with E-state index in [-0.39, 0.29) is 11.8 Å². The number of aliphatic hydroxyl groups excluding tert-OH is 1. The summed E-state index contributed by atoms with van der Waals surface area (Å²) < 4.78 is 11.7. The van der Waals surface area contributed by atoms with Crippen LogP contribution in [0.3, 0.4) is 0 Å². The summed E-state index contributed by atoms with van der Waals surface area (Å²) >= 11 is 3.43. The number of carbonyl (C=O) groups is 1. The maximum atomic E-state index is 12.3. The van der Waals surface area contributed by atoms with Gasteiger partial charge in [-0.05, 0) is 34.5 Å². The van der Waals surface area contributed by atoms with Gasteiger partial charge in [-0.1, -0.05) is 6.92 Å². The molecule has 7 heteroatoms. The first kappa shape index (κ1) is 18.0. The molecule has 1 aromatic carbocycles. The molecule has 0 aromatic heterocycles. The molecule has 128 valence electrons. The molecule has 3 N–H and O–H groups in total. The Bertz CT molecular complexity index is 553. The summed E-state index contributed by atoms with van der Waals surface area (Å²) in [4.78, 5) is 12.3. The van der Waals surface area contributed by atoms with E-state index in [4.69, 9.17) is 9.47 Å². The van der Waals surface area contributed by atoms with Gasteiger partial charge in [0, 0.05) is 31.1 Å². The standard InChI is InChI=1S/C16H23BrN2O4/c1-3-4-23-15-12(17)5-10(6-14(15)22-2)16(21)19-8-11-7-18-9-13(11)20/h5-6,11,13,18,20H,3-4,7-9H2,1-2H3,(H,19,21). The Kier molecular flexibility index (Phi) is 6.68. The number of carbonyl (C=O) groups excluding carboxylic acids is 1. The number of methoxy groups -OCH3 is 1. The molecule has 1 fully saturated rings. The molecule has 0 bridgehead atoms. The monoisotopic (exact) mass is 386 g/mol. The molecule has 0 spiro atoms. The maximum absolute atomic E-state index is 12.3. The van der Waals surface area contributed by atoms with E-state index >= 15 is 0 Å². The normalized spacial score (nSPS) is 20.3. The number of nitrogens with one attached hydrogen (secondary N) is 2. The van der Waals surface area contributed by atoms with Gasteiger partial charge in [-0.25, -0.2) is 0 Å². The van der Waals surface area contributed by atoms with Crippen molar-refractivity contribution in [3.05, 3.63) is 22.2 Å². The zero-order valence-corrected chi connectivity index (χ0v) is 15.0. The van der Waals surface area contributed by atoms with Crippen LogP contribution in [0.2, 0.25) is 0 Å². The van der Waals surface area contributed by atoms with E-state index in [0.717, 1.165) is 6.42 Å². The average Bonchev–Trinajstić information content (AvgIpc) is 2.95. The lowest BCUT2D eigenvalue weighted by atomic mass is 10.1. The van der Waals surface area contributed by atoms with E-state index in [1.165, 1.54) is 0 Å². The number of benzene rings is 1. The maximum Gasteiger partial charge on any atom is 0.251 e. The topological polar surface area (TPSA) is 79.8 Å². The lowest BCUT2D eigenvalue weighted by molar-refractivity contribution is 0.0926. The number of β-amino-alcohol motifs (C(OH)–C–C–N with tert-alkyl or cyclic N) is 1. The van der Waals surface area contributed by atoms with Crippen molar-refractivity contribution in [2.75, 3.05) is 33.4 Å². The van der Waals surface area contributed by atoms with Crippen LogP contribution >= 0.6 is 15.9 Å². The van der Waals surface area contributed by atoms with E-state index in [9.17, 15) is 9.90 Å². The van der Waals surface area contributed by atoms with Gasteiger partial charge in [0.25, 0.3) is 5.91 Å². The van der Waals surface area contributed by atoms with Crippen molar-refractivity contribution in [1.82, 2.24) is 10.6 Å². The molecular formula is C16H23BrN2O4. The molecule has 1 heterocycles. The largest absolute Gasteiger partial charge is 0.493 e. The first-order valence-electron chi connectivity index (χ1n) is 7.74. The third-order valence-corrected chi connectivity index (χ3v) is 4.36. The molecule has 0 saturated carbocycles. The minimum absolute atomic E-state index is 0.0384. The highest BCUT2D eigenvalue weighted by Crippen LogP contribution is 2.36. The van der Waals surface area contributed by atoms with E-state index in [0.29, 0.717) is 47.8 Å². The minimum atomic E-state index is -0.415. The SMILES string of the molecule is CCCOc1c(Br)cc(C(=O)NCC2CNCC2O)cc1OC. The summed E-state index contributed by atoms with van der Waals surface area (Å²) in [6.45, 7) is 4.31. The van der Waals surface area contributed by atoms with Gasteiger partial charge in [-0.15, -0.1) is 0 Å². The molecule has 23 heavy (non-hydrogen) atoms. The fraction of sp³-hybridized carbons (Fsp3) is 0.562. The van der Waals surface area contributed by atoms with Crippen molar-refractivity contribution >= 4 is 21.8 Å². The zero-order valence-electron chi connectivity index (χ0n) is 13.4. The molecule has 2 unspecified atom stereocenters. The van der Waals surface area contributed by atoms with Crippen LogP contribution in [0.15, 0.2) is 16.6 Å². The molecule has 2 atom stereocenters. The molecule has 1 saturated heterocycles. The number of ether oxygens (including phenoxy) is 2. The van der Waals surface area contributed by atoms with Gasteiger partial charge in [0.1, 0.15) is 0 Å². The van der Waals surface area contributed by atoms with Gasteiger partial charge in [0.2, 0.25) is 0 Å². The van der Waals surface area contributed by atoms with Gasteiger partial charge in [-0.3, -0.25) is 4.79 Å². The first-order valence-corrected chi connectivity index (χ1v) is 8.53. The summed E-state index contributed by atoms with van der Waals surface area (Å²) in [5.74, 6) is 0.948. The van der Waals surface area contributed by atoms with Crippen LogP contribution in [0.5, 0.6) is 11.5 Å². The lowest BCUT2D eigenvalue weighted by Gasteiger charge is -2.16. The number of rotatable bonds is 7. The molecule has 1 aliphatic rings. The Hall–Kier alpha value is -1.31. The summed E-state index contributed by atoms with van der Waals surface area (Å²) in [5, 5.41) is 15.7. The van der Waals surface area contributed by atoms with Crippen LogP contribution < -0.4 is 20.1 Å². The smallest absolute Gasteiger partial charge is 0.251 e. The Morgan fingerprint density at radius 1 is 1.48 bits per heavy atom. The number of halogens is 1. The van der Waals surface area contributed by atoms with Crippen molar-refractivity contribution in [2.24, 2.45) is 5.92 Å². The molecule has 0 radical (unpaired) electrons. The quantitative estimate of drug-likeness (QED) is 0.662. The average molecular weight is 387 g/mol. The molecule has 0 aliphatic carbocycles. The van der Waals surface area contributed by atoms with E-state index in [1.54, 1.807) is 19.2 Å². The fourth-order valence-electron chi connectivity index (χ4n) is 2.45. The summed E-state index contributed by atoms with van der Waals surface area (Å²) in [6.07, 6.45) is 0.469. The summed E-state index contributed by atoms with van der Waals surface area (Å²) in [6, 6.07) is 3.38. The highest BCUT2D eigenvalue weighted by molar-refractivity contribution is 9.10. The first-order chi connectivity index (χ1) is 11.1. The Labute approximate surface area is 144 Å². The van der Waals surface area contributed by atoms with Gasteiger partial charge >= 0.3 is 0 Å². The van der Waals surface area contributed by atoms with Crippen molar-refractivity contribution in [3.8, 4) is 11.5 Å². The van der Waals surface area contributed by atoms with E-state index in [2.05, 4.69) is 26.6 Å². The van der Waals surface area contributed by atoms with Gasteiger partial charge in [0.05, 0.1) is 24.3 Å². The second-order valence-electron chi connectivity index (χ2n) is 5.53. The predicted molar refractivity (Wildman–Crippen MR) is 91.2 cm³/mol. The van der Waals surface area contributed by atoms with Crippen LogP contribution in [0.25, 0.3) is 0 Å². The third kappa shape index (κ3) is 4.59. The highest BCUT2D eigenvalue weighted by atomic mass is 79.9. The Morgan fingerprint density at radius 3 is 2.87 bits per heavy atom. The minimum Gasteiger partial charge on any atom is -0.493 e. The van der Waals surface area contributed by atoms with Gasteiger partial charge in [0.15, 0.2) is 11.5 Å². The van der Waals surface area contributed by atoms with E-state index < -0.39 is 6.10 Å². The number of amides is 1. The number of hydrogen-bond donors (Lipinski definition) is 3. The number of hydrogen-bond acceptors (Lipinski definition) is 5. The van der Waals surface area contributed by atoms with Crippen molar-refractivity contribution in [1.29, 1.82) is 0 Å². The van der Waals surface area contributed by atoms with E-state index in [1.807, 2.05) is 6.92 Å². The molecule has 1 aliphatic heterocycles. The number of aliphatic hydroxyl groups is 1. The molecular weight excluding hydrogens is 364 g/mol. The second-order valence-corrected chi connectivity index (χ2v) is 6.39. The zero-order chi connectivity index (χ0) is 16.8. The van der Waals surface area contributed by atoms with Crippen molar-refractivity contribution < 1.29 is 19.4 Å². The van der Waals surface area contributed by atoms with Crippen LogP contribution in [-0.2, 0) is 0 Å². The molecule has 1 amide bonds. The fourth-order valence-corrected chi connectivity index (χ4v) is 3.00. The molecule has 2 rings (SSSR count). The summed E-state index contributed by atoms with van der Waals surface area (Å²) in [7, 11) is 1.54. The van der Waals surface area contributed by atoms with Crippen molar-refractivity contribution in [2.45, 2.75) is 19.4 Å². The van der Waals surface area contributed by atoms with Crippen molar-refractivity contribution in [3.63, 3.8) is 0 Å². The highest BCUT2D eigenvalue weighted by Gasteiger charge is 2.25. The lowest BCUT2D eigenvalue weighted by Crippen LogP contribution is -2.34. The summed E-state index contributed by atoms with van der Waals surface area (Å²) in [5.41, 5.74) is 0.484.